The minimum Gasteiger partial charge on any atom is -0.461 e. The lowest BCUT2D eigenvalue weighted by atomic mass is 9.98. The molecule has 1 aromatic carbocycles. The first-order valence-corrected chi connectivity index (χ1v) is 5.88. The zero-order valence-electron chi connectivity index (χ0n) is 9.97. The quantitative estimate of drug-likeness (QED) is 0.599. The van der Waals surface area contributed by atoms with Crippen molar-refractivity contribution < 1.29 is 14.0 Å². The van der Waals surface area contributed by atoms with Crippen LogP contribution in [-0.2, 0) is 6.42 Å². The molecule has 1 unspecified atom stereocenters. The molecule has 1 aromatic heterocycles. The zero-order chi connectivity index (χ0) is 12.7. The molecule has 0 N–H and O–H groups in total. The number of aryl methyl sites for hydroxylation is 1. The molecule has 3 heteroatoms. The molecule has 1 aliphatic rings. The van der Waals surface area contributed by atoms with Crippen LogP contribution in [0.5, 0.6) is 0 Å². The van der Waals surface area contributed by atoms with Crippen LogP contribution in [0.15, 0.2) is 41.0 Å². The Morgan fingerprint density at radius 2 is 2.17 bits per heavy atom. The van der Waals surface area contributed by atoms with Gasteiger partial charge in [0.2, 0.25) is 5.78 Å². The van der Waals surface area contributed by atoms with E-state index in [2.05, 4.69) is 0 Å². The van der Waals surface area contributed by atoms with Gasteiger partial charge in [0.15, 0.2) is 11.5 Å². The fourth-order valence-corrected chi connectivity index (χ4v) is 2.40. The molecule has 0 spiro atoms. The predicted octanol–water partition coefficient (Wildman–Crippen LogP) is 2.83. The van der Waals surface area contributed by atoms with Crippen LogP contribution in [0.2, 0.25) is 0 Å². The van der Waals surface area contributed by atoms with Crippen molar-refractivity contribution in [2.45, 2.75) is 13.3 Å². The first kappa shape index (κ1) is 11.0. The standard InChI is InChI=1S/C15H12O3/c1-9-4-5-10-8-12(14(16)11(10)7-9)15(17)13-3-2-6-18-13/h2-7,12H,8H2,1H3. The van der Waals surface area contributed by atoms with Gasteiger partial charge < -0.3 is 4.42 Å². The van der Waals surface area contributed by atoms with Crippen molar-refractivity contribution in [3.05, 3.63) is 59.0 Å². The van der Waals surface area contributed by atoms with Crippen LogP contribution in [0.4, 0.5) is 0 Å². The molecular weight excluding hydrogens is 228 g/mol. The SMILES string of the molecule is Cc1ccc2c(c1)C(=O)C(C(=O)c1ccco1)C2. The Labute approximate surface area is 104 Å². The lowest BCUT2D eigenvalue weighted by molar-refractivity contribution is 0.0804. The number of furan rings is 1. The molecule has 0 aliphatic heterocycles. The first-order valence-electron chi connectivity index (χ1n) is 5.88. The number of rotatable bonds is 2. The molecule has 1 aliphatic carbocycles. The van der Waals surface area contributed by atoms with Crippen LogP contribution in [0.25, 0.3) is 0 Å². The number of carbonyl (C=O) groups excluding carboxylic acids is 2. The molecule has 0 fully saturated rings. The summed E-state index contributed by atoms with van der Waals surface area (Å²) in [6, 6.07) is 9.00. The van der Waals surface area contributed by atoms with Gasteiger partial charge in [-0.1, -0.05) is 17.7 Å². The highest BCUT2D eigenvalue weighted by Crippen LogP contribution is 2.29. The van der Waals surface area contributed by atoms with E-state index in [1.54, 1.807) is 12.1 Å². The molecule has 3 nitrogen and oxygen atoms in total. The second kappa shape index (κ2) is 3.95. The third-order valence-corrected chi connectivity index (χ3v) is 3.35. The Bertz CT molecular complexity index is 623. The van der Waals surface area contributed by atoms with Crippen molar-refractivity contribution in [1.29, 1.82) is 0 Å². The van der Waals surface area contributed by atoms with Crippen LogP contribution >= 0.6 is 0 Å². The lowest BCUT2D eigenvalue weighted by Gasteiger charge is -2.03. The van der Waals surface area contributed by atoms with Crippen molar-refractivity contribution in [1.82, 2.24) is 0 Å². The molecule has 0 saturated heterocycles. The Morgan fingerprint density at radius 1 is 1.33 bits per heavy atom. The summed E-state index contributed by atoms with van der Waals surface area (Å²) in [6.07, 6.45) is 1.93. The van der Waals surface area contributed by atoms with Crippen molar-refractivity contribution >= 4 is 11.6 Å². The summed E-state index contributed by atoms with van der Waals surface area (Å²) in [5.74, 6) is -0.667. The number of ketones is 2. The highest BCUT2D eigenvalue weighted by molar-refractivity contribution is 6.18. The highest BCUT2D eigenvalue weighted by Gasteiger charge is 2.37. The average Bonchev–Trinajstić information content (AvgIpc) is 2.98. The lowest BCUT2D eigenvalue weighted by Crippen LogP contribution is -2.20. The Kier molecular flexibility index (Phi) is 2.40. The van der Waals surface area contributed by atoms with Crippen LogP contribution in [0.1, 0.15) is 32.0 Å². The summed E-state index contributed by atoms with van der Waals surface area (Å²) >= 11 is 0. The summed E-state index contributed by atoms with van der Waals surface area (Å²) in [6.45, 7) is 1.94. The minimum atomic E-state index is -0.618. The average molecular weight is 240 g/mol. The van der Waals surface area contributed by atoms with Gasteiger partial charge in [0, 0.05) is 5.56 Å². The van der Waals surface area contributed by atoms with Crippen LogP contribution in [0.3, 0.4) is 0 Å². The van der Waals surface area contributed by atoms with Gasteiger partial charge in [-0.25, -0.2) is 0 Å². The van der Waals surface area contributed by atoms with E-state index in [1.807, 2.05) is 25.1 Å². The van der Waals surface area contributed by atoms with Crippen LogP contribution in [-0.4, -0.2) is 11.6 Å². The third-order valence-electron chi connectivity index (χ3n) is 3.35. The first-order chi connectivity index (χ1) is 8.66. The molecule has 1 heterocycles. The van der Waals surface area contributed by atoms with Gasteiger partial charge in [-0.05, 0) is 37.1 Å². The molecule has 3 rings (SSSR count). The monoisotopic (exact) mass is 240 g/mol. The largest absolute Gasteiger partial charge is 0.461 e. The summed E-state index contributed by atoms with van der Waals surface area (Å²) < 4.78 is 5.08. The number of benzene rings is 1. The van der Waals surface area contributed by atoms with Crippen LogP contribution in [0, 0.1) is 12.8 Å². The van der Waals surface area contributed by atoms with Gasteiger partial charge in [0.1, 0.15) is 0 Å². The maximum absolute atomic E-state index is 12.2. The normalized spacial score (nSPS) is 17.8. The topological polar surface area (TPSA) is 47.3 Å². The maximum atomic E-state index is 12.2. The van der Waals surface area contributed by atoms with E-state index in [-0.39, 0.29) is 17.3 Å². The minimum absolute atomic E-state index is 0.0879. The van der Waals surface area contributed by atoms with E-state index in [9.17, 15) is 9.59 Å². The number of hydrogen-bond acceptors (Lipinski definition) is 3. The Balaban J connectivity index is 1.95. The number of Topliss-reactive ketones (excluding diaryl/α,β-unsaturated/α-hetero) is 2. The van der Waals surface area contributed by atoms with Crippen molar-refractivity contribution in [2.24, 2.45) is 5.92 Å². The third kappa shape index (κ3) is 1.59. The van der Waals surface area contributed by atoms with Crippen LogP contribution < -0.4 is 0 Å². The summed E-state index contributed by atoms with van der Waals surface area (Å²) in [5.41, 5.74) is 2.67. The summed E-state index contributed by atoms with van der Waals surface area (Å²) in [7, 11) is 0. The Hall–Kier alpha value is -2.16. The van der Waals surface area contributed by atoms with Gasteiger partial charge in [0.25, 0.3) is 0 Å². The fraction of sp³-hybridized carbons (Fsp3) is 0.200. The second-order valence-corrected chi connectivity index (χ2v) is 4.62. The molecule has 2 aromatic rings. The molecule has 0 amide bonds. The number of fused-ring (bicyclic) bond motifs is 1. The number of hydrogen-bond donors (Lipinski definition) is 0. The summed E-state index contributed by atoms with van der Waals surface area (Å²) in [5, 5.41) is 0. The maximum Gasteiger partial charge on any atom is 0.209 e. The molecule has 0 saturated carbocycles. The second-order valence-electron chi connectivity index (χ2n) is 4.62. The van der Waals surface area contributed by atoms with E-state index in [0.29, 0.717) is 12.0 Å². The van der Waals surface area contributed by atoms with E-state index < -0.39 is 5.92 Å². The number of carbonyl (C=O) groups is 2. The molecule has 90 valence electrons. The molecule has 18 heavy (non-hydrogen) atoms. The highest BCUT2D eigenvalue weighted by atomic mass is 16.3. The van der Waals surface area contributed by atoms with E-state index in [4.69, 9.17) is 4.42 Å². The molecule has 0 radical (unpaired) electrons. The smallest absolute Gasteiger partial charge is 0.209 e. The Morgan fingerprint density at radius 3 is 2.89 bits per heavy atom. The molecular formula is C15H12O3. The van der Waals surface area contributed by atoms with E-state index in [1.165, 1.54) is 6.26 Å². The van der Waals surface area contributed by atoms with Crippen molar-refractivity contribution in [3.63, 3.8) is 0 Å². The van der Waals surface area contributed by atoms with Gasteiger partial charge in [-0.3, -0.25) is 9.59 Å². The van der Waals surface area contributed by atoms with E-state index >= 15 is 0 Å². The van der Waals surface area contributed by atoms with Gasteiger partial charge in [0.05, 0.1) is 12.2 Å². The van der Waals surface area contributed by atoms with Crippen molar-refractivity contribution in [2.75, 3.05) is 0 Å². The fourth-order valence-electron chi connectivity index (χ4n) is 2.40. The summed E-state index contributed by atoms with van der Waals surface area (Å²) in [4.78, 5) is 24.4. The van der Waals surface area contributed by atoms with E-state index in [0.717, 1.165) is 11.1 Å². The van der Waals surface area contributed by atoms with Gasteiger partial charge in [-0.2, -0.15) is 0 Å². The van der Waals surface area contributed by atoms with Crippen molar-refractivity contribution in [3.8, 4) is 0 Å². The predicted molar refractivity (Wildman–Crippen MR) is 65.7 cm³/mol. The van der Waals surface area contributed by atoms with Gasteiger partial charge >= 0.3 is 0 Å². The van der Waals surface area contributed by atoms with Gasteiger partial charge in [-0.15, -0.1) is 0 Å². The zero-order valence-corrected chi connectivity index (χ0v) is 9.97. The molecule has 0 bridgehead atoms. The molecule has 1 atom stereocenters.